The Morgan fingerprint density at radius 2 is 2.36 bits per heavy atom. The molecular weight excluding hydrogens is 338 g/mol. The summed E-state index contributed by atoms with van der Waals surface area (Å²) in [6, 6.07) is 5.74. The number of hydrogen-bond acceptors (Lipinski definition) is 6. The summed E-state index contributed by atoms with van der Waals surface area (Å²) >= 11 is 1.56. The van der Waals surface area contributed by atoms with Crippen LogP contribution in [0.25, 0.3) is 16.6 Å². The lowest BCUT2D eigenvalue weighted by molar-refractivity contribution is 0.0315. The van der Waals surface area contributed by atoms with Crippen molar-refractivity contribution in [2.45, 2.75) is 18.8 Å². The number of hydrogen-bond donors (Lipinski definition) is 2. The van der Waals surface area contributed by atoms with Gasteiger partial charge in [0.1, 0.15) is 17.6 Å². The van der Waals surface area contributed by atoms with Crippen molar-refractivity contribution >= 4 is 27.9 Å². The minimum Gasteiger partial charge on any atom is -0.489 e. The van der Waals surface area contributed by atoms with Gasteiger partial charge in [0.05, 0.1) is 5.69 Å². The zero-order valence-corrected chi connectivity index (χ0v) is 14.2. The average molecular weight is 355 g/mol. The normalized spacial score (nSPS) is 22.5. The zero-order valence-electron chi connectivity index (χ0n) is 13.4. The van der Waals surface area contributed by atoms with Crippen LogP contribution in [-0.2, 0) is 0 Å². The van der Waals surface area contributed by atoms with E-state index in [1.807, 2.05) is 46.4 Å². The summed E-state index contributed by atoms with van der Waals surface area (Å²) in [4.78, 5) is 5.44. The van der Waals surface area contributed by atoms with Crippen LogP contribution in [0.2, 0.25) is 0 Å². The van der Waals surface area contributed by atoms with Gasteiger partial charge in [-0.25, -0.2) is 4.98 Å². The van der Waals surface area contributed by atoms with Crippen LogP contribution in [0.5, 0.6) is 11.5 Å². The third-order valence-corrected chi connectivity index (χ3v) is 5.28. The van der Waals surface area contributed by atoms with Gasteiger partial charge < -0.3 is 19.9 Å². The number of nitrogens with one attached hydrogen (secondary N) is 1. The maximum absolute atomic E-state index is 10.4. The number of thiazole rings is 1. The van der Waals surface area contributed by atoms with Crippen molar-refractivity contribution in [1.29, 1.82) is 0 Å². The standard InChI is InChI=1S/C18H17N3O3S/c22-17-14(15-10-21-5-6-25-18(21)20-15)7-11-1-2-12(8-16(11)24-17)23-13-3-4-19-9-13/h1-2,5-8,10,13,17,19,22H,3-4,9H2/t13-,17?/m1/s1. The maximum atomic E-state index is 10.4. The van der Waals surface area contributed by atoms with Crippen LogP contribution in [0, 0.1) is 0 Å². The summed E-state index contributed by atoms with van der Waals surface area (Å²) in [5.74, 6) is 1.39. The van der Waals surface area contributed by atoms with Gasteiger partial charge >= 0.3 is 0 Å². The number of fused-ring (bicyclic) bond motifs is 2. The fraction of sp³-hybridized carbons (Fsp3) is 0.278. The molecule has 0 saturated carbocycles. The quantitative estimate of drug-likeness (QED) is 0.755. The van der Waals surface area contributed by atoms with Gasteiger partial charge in [-0.1, -0.05) is 0 Å². The van der Waals surface area contributed by atoms with Crippen molar-refractivity contribution in [2.75, 3.05) is 13.1 Å². The first-order valence-electron chi connectivity index (χ1n) is 8.26. The van der Waals surface area contributed by atoms with Crippen LogP contribution in [0.15, 0.2) is 36.0 Å². The molecule has 5 rings (SSSR count). The molecule has 0 amide bonds. The Bertz CT molecular complexity index is 927. The summed E-state index contributed by atoms with van der Waals surface area (Å²) < 4.78 is 13.6. The molecule has 0 aliphatic carbocycles. The lowest BCUT2D eigenvalue weighted by Gasteiger charge is -2.23. The predicted molar refractivity (Wildman–Crippen MR) is 95.9 cm³/mol. The summed E-state index contributed by atoms with van der Waals surface area (Å²) in [7, 11) is 0. The van der Waals surface area contributed by atoms with Crippen molar-refractivity contribution in [3.63, 3.8) is 0 Å². The molecular formula is C18H17N3O3S. The van der Waals surface area contributed by atoms with Crippen LogP contribution in [0.1, 0.15) is 17.7 Å². The molecule has 0 spiro atoms. The molecule has 25 heavy (non-hydrogen) atoms. The monoisotopic (exact) mass is 355 g/mol. The van der Waals surface area contributed by atoms with E-state index in [-0.39, 0.29) is 6.10 Å². The van der Waals surface area contributed by atoms with Gasteiger partial charge in [0, 0.05) is 41.5 Å². The van der Waals surface area contributed by atoms with Gasteiger partial charge in [0.25, 0.3) is 0 Å². The lowest BCUT2D eigenvalue weighted by atomic mass is 10.0. The first-order chi connectivity index (χ1) is 12.3. The van der Waals surface area contributed by atoms with E-state index in [4.69, 9.17) is 9.47 Å². The number of rotatable bonds is 3. The number of aliphatic hydroxyl groups is 1. The Kier molecular flexibility index (Phi) is 3.51. The van der Waals surface area contributed by atoms with Crippen LogP contribution < -0.4 is 14.8 Å². The summed E-state index contributed by atoms with van der Waals surface area (Å²) in [6.07, 6.45) is 5.93. The molecule has 2 aromatic heterocycles. The number of imidazole rings is 1. The van der Waals surface area contributed by atoms with E-state index >= 15 is 0 Å². The largest absolute Gasteiger partial charge is 0.489 e. The fourth-order valence-corrected chi connectivity index (χ4v) is 3.92. The fourth-order valence-electron chi connectivity index (χ4n) is 3.22. The van der Waals surface area contributed by atoms with Crippen molar-refractivity contribution in [2.24, 2.45) is 0 Å². The molecule has 6 nitrogen and oxygen atoms in total. The Hall–Kier alpha value is -2.35. The maximum Gasteiger partial charge on any atom is 0.226 e. The molecule has 7 heteroatoms. The SMILES string of the molecule is OC1Oc2cc(O[C@@H]3CCNC3)ccc2C=C1c1cn2ccsc2n1. The number of ether oxygens (including phenoxy) is 2. The average Bonchev–Trinajstić information content (AvgIpc) is 3.31. The van der Waals surface area contributed by atoms with Crippen molar-refractivity contribution < 1.29 is 14.6 Å². The molecule has 2 atom stereocenters. The summed E-state index contributed by atoms with van der Waals surface area (Å²) in [5, 5.41) is 15.7. The van der Waals surface area contributed by atoms with Crippen molar-refractivity contribution in [3.8, 4) is 11.5 Å². The second-order valence-electron chi connectivity index (χ2n) is 6.22. The predicted octanol–water partition coefficient (Wildman–Crippen LogP) is 2.39. The highest BCUT2D eigenvalue weighted by Gasteiger charge is 2.25. The Labute approximate surface area is 148 Å². The molecule has 1 saturated heterocycles. The van der Waals surface area contributed by atoms with Crippen molar-refractivity contribution in [1.82, 2.24) is 14.7 Å². The minimum absolute atomic E-state index is 0.191. The lowest BCUT2D eigenvalue weighted by Crippen LogP contribution is -2.22. The Morgan fingerprint density at radius 3 is 3.20 bits per heavy atom. The van der Waals surface area contributed by atoms with E-state index in [2.05, 4.69) is 10.3 Å². The third-order valence-electron chi connectivity index (χ3n) is 4.51. The number of nitrogens with zero attached hydrogens (tertiary/aromatic N) is 2. The second kappa shape index (κ2) is 5.87. The van der Waals surface area contributed by atoms with E-state index in [0.717, 1.165) is 41.5 Å². The van der Waals surface area contributed by atoms with E-state index in [9.17, 15) is 5.11 Å². The third kappa shape index (κ3) is 2.70. The molecule has 2 aliphatic rings. The molecule has 128 valence electrons. The Morgan fingerprint density at radius 1 is 1.40 bits per heavy atom. The summed E-state index contributed by atoms with van der Waals surface area (Å²) in [6.45, 7) is 1.85. The molecule has 0 bridgehead atoms. The van der Waals surface area contributed by atoms with E-state index < -0.39 is 6.29 Å². The van der Waals surface area contributed by atoms with Gasteiger partial charge in [-0.3, -0.25) is 4.40 Å². The zero-order chi connectivity index (χ0) is 16.8. The van der Waals surface area contributed by atoms with Crippen LogP contribution >= 0.6 is 11.3 Å². The number of benzene rings is 1. The van der Waals surface area contributed by atoms with Crippen molar-refractivity contribution in [3.05, 3.63) is 47.2 Å². The highest BCUT2D eigenvalue weighted by molar-refractivity contribution is 7.15. The van der Waals surface area contributed by atoms with E-state index in [0.29, 0.717) is 11.3 Å². The van der Waals surface area contributed by atoms with Gasteiger partial charge in [-0.2, -0.15) is 0 Å². The second-order valence-corrected chi connectivity index (χ2v) is 7.09. The van der Waals surface area contributed by atoms with E-state index in [1.54, 1.807) is 11.3 Å². The highest BCUT2D eigenvalue weighted by atomic mass is 32.1. The smallest absolute Gasteiger partial charge is 0.226 e. The molecule has 1 fully saturated rings. The molecule has 1 unspecified atom stereocenters. The van der Waals surface area contributed by atoms with Gasteiger partial charge in [0.15, 0.2) is 4.96 Å². The molecule has 4 heterocycles. The first kappa shape index (κ1) is 14.9. The van der Waals surface area contributed by atoms with Crippen LogP contribution in [0.4, 0.5) is 0 Å². The van der Waals surface area contributed by atoms with E-state index in [1.165, 1.54) is 0 Å². The topological polar surface area (TPSA) is 68.0 Å². The van der Waals surface area contributed by atoms with Gasteiger partial charge in [0.2, 0.25) is 6.29 Å². The highest BCUT2D eigenvalue weighted by Crippen LogP contribution is 2.36. The number of aliphatic hydroxyl groups excluding tert-OH is 1. The molecule has 2 N–H and O–H groups in total. The van der Waals surface area contributed by atoms with Gasteiger partial charge in [-0.05, 0) is 31.2 Å². The van der Waals surface area contributed by atoms with Crippen LogP contribution in [0.3, 0.4) is 0 Å². The van der Waals surface area contributed by atoms with Gasteiger partial charge in [-0.15, -0.1) is 11.3 Å². The van der Waals surface area contributed by atoms with Crippen LogP contribution in [-0.4, -0.2) is 40.0 Å². The molecule has 0 radical (unpaired) electrons. The molecule has 2 aliphatic heterocycles. The minimum atomic E-state index is -1.04. The molecule has 1 aromatic carbocycles. The Balaban J connectivity index is 1.46. The molecule has 3 aromatic rings. The summed E-state index contributed by atoms with van der Waals surface area (Å²) in [5.41, 5.74) is 2.30. The first-order valence-corrected chi connectivity index (χ1v) is 9.14. The number of aromatic nitrogens is 2.